The van der Waals surface area contributed by atoms with Crippen molar-refractivity contribution in [2.45, 2.75) is 6.92 Å². The Kier molecular flexibility index (Phi) is 4.54. The first-order chi connectivity index (χ1) is 9.90. The Labute approximate surface area is 133 Å². The second-order valence-corrected chi connectivity index (χ2v) is 5.40. The summed E-state index contributed by atoms with van der Waals surface area (Å²) in [6.45, 7) is 1.91. The number of nitro groups is 1. The van der Waals surface area contributed by atoms with Crippen molar-refractivity contribution in [2.24, 2.45) is 0 Å². The molecular formula is C13H9BrClN3O3. The lowest BCUT2D eigenvalue weighted by molar-refractivity contribution is -0.385. The number of nitrogens with zero attached hydrogens (tertiary/aromatic N) is 2. The van der Waals surface area contributed by atoms with Crippen LogP contribution >= 0.6 is 27.5 Å². The maximum atomic E-state index is 12.2. The summed E-state index contributed by atoms with van der Waals surface area (Å²) in [6, 6.07) is 6.59. The van der Waals surface area contributed by atoms with E-state index in [0.717, 1.165) is 5.56 Å². The minimum Gasteiger partial charge on any atom is -0.321 e. The van der Waals surface area contributed by atoms with Gasteiger partial charge in [0.05, 0.1) is 10.6 Å². The van der Waals surface area contributed by atoms with Crippen molar-refractivity contribution in [2.75, 3.05) is 5.32 Å². The van der Waals surface area contributed by atoms with Crippen LogP contribution in [0.2, 0.25) is 5.15 Å². The van der Waals surface area contributed by atoms with Gasteiger partial charge in [0.25, 0.3) is 5.91 Å². The van der Waals surface area contributed by atoms with E-state index in [-0.39, 0.29) is 10.7 Å². The molecule has 1 aromatic heterocycles. The van der Waals surface area contributed by atoms with Crippen molar-refractivity contribution in [3.8, 4) is 0 Å². The largest absolute Gasteiger partial charge is 0.321 e. The average molecular weight is 371 g/mol. The summed E-state index contributed by atoms with van der Waals surface area (Å²) < 4.78 is 0.679. The predicted octanol–water partition coefficient (Wildman–Crippen LogP) is 3.97. The third-order valence-corrected chi connectivity index (χ3v) is 3.61. The number of rotatable bonds is 3. The van der Waals surface area contributed by atoms with Crippen molar-refractivity contribution < 1.29 is 9.72 Å². The van der Waals surface area contributed by atoms with Gasteiger partial charge >= 0.3 is 5.69 Å². The fourth-order valence-electron chi connectivity index (χ4n) is 1.70. The summed E-state index contributed by atoms with van der Waals surface area (Å²) in [7, 11) is 0. The molecule has 0 unspecified atom stereocenters. The minimum atomic E-state index is -0.728. The van der Waals surface area contributed by atoms with E-state index in [1.54, 1.807) is 6.07 Å². The van der Waals surface area contributed by atoms with Crippen LogP contribution in [0.5, 0.6) is 0 Å². The van der Waals surface area contributed by atoms with Crippen molar-refractivity contribution in [1.29, 1.82) is 0 Å². The van der Waals surface area contributed by atoms with Gasteiger partial charge in [-0.15, -0.1) is 0 Å². The molecule has 1 heterocycles. The van der Waals surface area contributed by atoms with Crippen LogP contribution in [0.15, 0.2) is 34.9 Å². The van der Waals surface area contributed by atoms with Crippen molar-refractivity contribution in [1.82, 2.24) is 4.98 Å². The van der Waals surface area contributed by atoms with E-state index >= 15 is 0 Å². The van der Waals surface area contributed by atoms with Gasteiger partial charge in [0.1, 0.15) is 5.56 Å². The van der Waals surface area contributed by atoms with Gasteiger partial charge in [-0.05, 0) is 46.6 Å². The number of amides is 1. The van der Waals surface area contributed by atoms with Crippen LogP contribution < -0.4 is 5.32 Å². The van der Waals surface area contributed by atoms with Crippen LogP contribution in [0, 0.1) is 17.0 Å². The van der Waals surface area contributed by atoms with Gasteiger partial charge in [-0.1, -0.05) is 17.7 Å². The first-order valence-electron chi connectivity index (χ1n) is 5.76. The lowest BCUT2D eigenvalue weighted by Gasteiger charge is -2.08. The molecule has 0 aliphatic carbocycles. The number of carbonyl (C=O) groups is 1. The fraction of sp³-hybridized carbons (Fsp3) is 0.0769. The summed E-state index contributed by atoms with van der Waals surface area (Å²) in [4.78, 5) is 26.1. The molecule has 0 bridgehead atoms. The molecule has 0 aliphatic heterocycles. The first-order valence-corrected chi connectivity index (χ1v) is 6.93. The van der Waals surface area contributed by atoms with Gasteiger partial charge < -0.3 is 5.32 Å². The zero-order valence-electron chi connectivity index (χ0n) is 10.8. The minimum absolute atomic E-state index is 0.146. The molecule has 108 valence electrons. The van der Waals surface area contributed by atoms with Crippen LogP contribution in [0.1, 0.15) is 15.9 Å². The van der Waals surface area contributed by atoms with Crippen LogP contribution in [0.4, 0.5) is 11.4 Å². The predicted molar refractivity (Wildman–Crippen MR) is 82.7 cm³/mol. The quantitative estimate of drug-likeness (QED) is 0.503. The molecule has 2 aromatic rings. The van der Waals surface area contributed by atoms with E-state index in [2.05, 4.69) is 26.2 Å². The smallest absolute Gasteiger partial charge is 0.319 e. The molecule has 0 saturated heterocycles. The summed E-state index contributed by atoms with van der Waals surface area (Å²) in [5, 5.41) is 13.3. The highest BCUT2D eigenvalue weighted by molar-refractivity contribution is 9.10. The molecule has 0 fully saturated rings. The zero-order valence-corrected chi connectivity index (χ0v) is 13.1. The van der Waals surface area contributed by atoms with Crippen LogP contribution in [0.25, 0.3) is 0 Å². The first kappa shape index (κ1) is 15.4. The van der Waals surface area contributed by atoms with E-state index in [1.165, 1.54) is 12.3 Å². The van der Waals surface area contributed by atoms with Gasteiger partial charge in [-0.2, -0.15) is 0 Å². The normalized spacial score (nSPS) is 10.2. The number of halogens is 2. The maximum absolute atomic E-state index is 12.2. The lowest BCUT2D eigenvalue weighted by atomic mass is 10.2. The fourth-order valence-corrected chi connectivity index (χ4v) is 2.52. The molecule has 0 radical (unpaired) electrons. The topological polar surface area (TPSA) is 85.1 Å². The molecule has 21 heavy (non-hydrogen) atoms. The summed E-state index contributed by atoms with van der Waals surface area (Å²) >= 11 is 9.00. The standard InChI is InChI=1S/C13H9BrClN3O3/c1-7-2-3-10(9(14)6-7)17-13(19)8-4-5-16-12(15)11(8)18(20)21/h2-6H,1H3,(H,17,19). The molecule has 2 rings (SSSR count). The summed E-state index contributed by atoms with van der Waals surface area (Å²) in [6.07, 6.45) is 1.24. The van der Waals surface area contributed by atoms with Crippen LogP contribution in [0.3, 0.4) is 0 Å². The van der Waals surface area contributed by atoms with E-state index in [1.807, 2.05) is 19.1 Å². The molecular weight excluding hydrogens is 362 g/mol. The number of aromatic nitrogens is 1. The molecule has 0 spiro atoms. The summed E-state index contributed by atoms with van der Waals surface area (Å²) in [5.41, 5.74) is 0.859. The Morgan fingerprint density at radius 2 is 2.14 bits per heavy atom. The van der Waals surface area contributed by atoms with E-state index in [9.17, 15) is 14.9 Å². The molecule has 1 N–H and O–H groups in total. The molecule has 0 saturated carbocycles. The van der Waals surface area contributed by atoms with Crippen molar-refractivity contribution in [3.63, 3.8) is 0 Å². The third kappa shape index (κ3) is 3.37. The van der Waals surface area contributed by atoms with E-state index < -0.39 is 16.5 Å². The Hall–Kier alpha value is -1.99. The highest BCUT2D eigenvalue weighted by atomic mass is 79.9. The molecule has 8 heteroatoms. The van der Waals surface area contributed by atoms with Gasteiger partial charge in [0.2, 0.25) is 5.15 Å². The molecule has 1 aromatic carbocycles. The number of aryl methyl sites for hydroxylation is 1. The van der Waals surface area contributed by atoms with Gasteiger partial charge in [-0.25, -0.2) is 4.98 Å². The molecule has 6 nitrogen and oxygen atoms in total. The number of nitrogens with one attached hydrogen (secondary N) is 1. The van der Waals surface area contributed by atoms with Crippen molar-refractivity contribution >= 4 is 44.8 Å². The zero-order chi connectivity index (χ0) is 15.6. The average Bonchev–Trinajstić information content (AvgIpc) is 2.41. The summed E-state index contributed by atoms with van der Waals surface area (Å²) in [5.74, 6) is -0.629. The van der Waals surface area contributed by atoms with E-state index in [4.69, 9.17) is 11.6 Å². The van der Waals surface area contributed by atoms with Crippen LogP contribution in [-0.2, 0) is 0 Å². The number of pyridine rings is 1. The van der Waals surface area contributed by atoms with Gasteiger partial charge in [-0.3, -0.25) is 14.9 Å². The number of benzene rings is 1. The number of carbonyl (C=O) groups excluding carboxylic acids is 1. The van der Waals surface area contributed by atoms with Gasteiger partial charge in [0.15, 0.2) is 0 Å². The van der Waals surface area contributed by atoms with E-state index in [0.29, 0.717) is 10.2 Å². The maximum Gasteiger partial charge on any atom is 0.319 e. The van der Waals surface area contributed by atoms with Crippen molar-refractivity contribution in [3.05, 3.63) is 61.3 Å². The Morgan fingerprint density at radius 3 is 2.76 bits per heavy atom. The molecule has 0 atom stereocenters. The second-order valence-electron chi connectivity index (χ2n) is 4.19. The monoisotopic (exact) mass is 369 g/mol. The Morgan fingerprint density at radius 1 is 1.43 bits per heavy atom. The number of hydrogen-bond acceptors (Lipinski definition) is 4. The third-order valence-electron chi connectivity index (χ3n) is 2.68. The number of hydrogen-bond donors (Lipinski definition) is 1. The van der Waals surface area contributed by atoms with Gasteiger partial charge in [0, 0.05) is 10.7 Å². The van der Waals surface area contributed by atoms with Crippen LogP contribution in [-0.4, -0.2) is 15.8 Å². The Bertz CT molecular complexity index is 737. The Balaban J connectivity index is 2.37. The molecule has 0 aliphatic rings. The SMILES string of the molecule is Cc1ccc(NC(=O)c2ccnc(Cl)c2[N+](=O)[O-])c(Br)c1. The highest BCUT2D eigenvalue weighted by Gasteiger charge is 2.25. The highest BCUT2D eigenvalue weighted by Crippen LogP contribution is 2.28. The lowest BCUT2D eigenvalue weighted by Crippen LogP contribution is -2.15. The second kappa shape index (κ2) is 6.19. The number of anilines is 1. The molecule has 1 amide bonds.